The van der Waals surface area contributed by atoms with E-state index in [1.807, 2.05) is 18.3 Å². The van der Waals surface area contributed by atoms with Crippen molar-refractivity contribution in [1.29, 1.82) is 0 Å². The number of aldehydes is 1. The van der Waals surface area contributed by atoms with Gasteiger partial charge in [-0.15, -0.1) is 0 Å². The second kappa shape index (κ2) is 8.40. The minimum atomic E-state index is -0.694. The number of likely N-dealkylation sites (tertiary alicyclic amines) is 1. The van der Waals surface area contributed by atoms with E-state index in [-0.39, 0.29) is 6.10 Å². The summed E-state index contributed by atoms with van der Waals surface area (Å²) in [4.78, 5) is 18.4. The van der Waals surface area contributed by atoms with E-state index in [0.717, 1.165) is 72.8 Å². The van der Waals surface area contributed by atoms with Gasteiger partial charge in [-0.3, -0.25) is 14.7 Å². The van der Waals surface area contributed by atoms with Crippen LogP contribution in [0.5, 0.6) is 5.75 Å². The number of pyridine rings is 1. The van der Waals surface area contributed by atoms with Gasteiger partial charge in [0, 0.05) is 31.3 Å². The Morgan fingerprint density at radius 1 is 1.10 bits per heavy atom. The Balaban J connectivity index is 1.22. The average Bonchev–Trinajstić information content (AvgIpc) is 3.30. The second-order valence-electron chi connectivity index (χ2n) is 8.66. The molecule has 2 aliphatic rings. The van der Waals surface area contributed by atoms with Gasteiger partial charge in [-0.05, 0) is 73.6 Å². The Bertz CT molecular complexity index is 1070. The molecule has 1 atom stereocenters. The molecule has 3 heterocycles. The Labute approximate surface area is 183 Å². The van der Waals surface area contributed by atoms with E-state index in [1.54, 1.807) is 0 Å². The number of aromatic nitrogens is 1. The summed E-state index contributed by atoms with van der Waals surface area (Å²) in [6.07, 6.45) is 6.61. The third-order valence-electron chi connectivity index (χ3n) is 6.50. The molecule has 0 N–H and O–H groups in total. The highest BCUT2D eigenvalue weighted by Gasteiger charge is 2.42. The van der Waals surface area contributed by atoms with Gasteiger partial charge in [0.1, 0.15) is 11.9 Å². The average molecular weight is 417 g/mol. The minimum Gasteiger partial charge on any atom is -0.490 e. The first-order chi connectivity index (χ1) is 15.1. The van der Waals surface area contributed by atoms with Crippen LogP contribution in [-0.4, -0.2) is 47.7 Å². The predicted octanol–water partition coefficient (Wildman–Crippen LogP) is 4.76. The molecule has 0 radical (unpaired) electrons. The highest BCUT2D eigenvalue weighted by molar-refractivity contribution is 5.84. The van der Waals surface area contributed by atoms with Crippen molar-refractivity contribution in [3.8, 4) is 16.9 Å². The van der Waals surface area contributed by atoms with Crippen molar-refractivity contribution < 1.29 is 14.3 Å². The van der Waals surface area contributed by atoms with Crippen LogP contribution in [0.25, 0.3) is 22.0 Å². The number of aryl methyl sites for hydroxylation is 1. The topological polar surface area (TPSA) is 51.7 Å². The van der Waals surface area contributed by atoms with Crippen LogP contribution in [0.1, 0.15) is 31.2 Å². The molecule has 0 saturated carbocycles. The first kappa shape index (κ1) is 20.2. The number of nitrogens with zero attached hydrogens (tertiary/aromatic N) is 2. The SMILES string of the molecule is Cc1cnc2cc(-c3ccc(OC4CCN([C@]5(C=O)CCCO5)CC4)cc3)ccc2c1. The predicted molar refractivity (Wildman–Crippen MR) is 121 cm³/mol. The molecule has 0 amide bonds. The molecule has 31 heavy (non-hydrogen) atoms. The lowest BCUT2D eigenvalue weighted by Gasteiger charge is -2.40. The molecular weight excluding hydrogens is 388 g/mol. The Hall–Kier alpha value is -2.76. The standard InChI is InChI=1S/C26H28N2O3/c1-19-15-22-4-3-21(16-25(22)27-17-19)20-5-7-23(8-6-20)31-24-9-12-28(13-10-24)26(18-29)11-2-14-30-26/h3-8,15-18,24H,2,9-14H2,1H3/t26-/m1/s1. The van der Waals surface area contributed by atoms with Crippen molar-refractivity contribution in [2.24, 2.45) is 0 Å². The fourth-order valence-corrected chi connectivity index (χ4v) is 4.74. The third-order valence-corrected chi connectivity index (χ3v) is 6.50. The van der Waals surface area contributed by atoms with Crippen molar-refractivity contribution >= 4 is 17.2 Å². The van der Waals surface area contributed by atoms with Gasteiger partial charge in [0.25, 0.3) is 0 Å². The van der Waals surface area contributed by atoms with Crippen molar-refractivity contribution in [1.82, 2.24) is 9.88 Å². The largest absolute Gasteiger partial charge is 0.490 e. The van der Waals surface area contributed by atoms with Gasteiger partial charge in [0.15, 0.2) is 12.0 Å². The lowest BCUT2D eigenvalue weighted by molar-refractivity contribution is -0.156. The molecule has 0 bridgehead atoms. The molecule has 160 valence electrons. The highest BCUT2D eigenvalue weighted by Crippen LogP contribution is 2.32. The van der Waals surface area contributed by atoms with E-state index >= 15 is 0 Å². The molecule has 0 spiro atoms. The molecule has 1 aromatic heterocycles. The molecule has 0 unspecified atom stereocenters. The zero-order valence-electron chi connectivity index (χ0n) is 17.9. The van der Waals surface area contributed by atoms with Crippen LogP contribution in [0.15, 0.2) is 54.7 Å². The van der Waals surface area contributed by atoms with Gasteiger partial charge in [-0.1, -0.05) is 24.3 Å². The maximum absolute atomic E-state index is 11.6. The van der Waals surface area contributed by atoms with E-state index in [1.165, 1.54) is 5.56 Å². The van der Waals surface area contributed by atoms with E-state index < -0.39 is 5.72 Å². The molecule has 3 aromatic rings. The monoisotopic (exact) mass is 416 g/mol. The van der Waals surface area contributed by atoms with E-state index in [0.29, 0.717) is 6.61 Å². The van der Waals surface area contributed by atoms with Crippen molar-refractivity contribution in [2.75, 3.05) is 19.7 Å². The minimum absolute atomic E-state index is 0.167. The summed E-state index contributed by atoms with van der Waals surface area (Å²) in [5.74, 6) is 0.888. The lowest BCUT2D eigenvalue weighted by atomic mass is 10.0. The van der Waals surface area contributed by atoms with Gasteiger partial charge in [0.2, 0.25) is 0 Å². The van der Waals surface area contributed by atoms with Crippen LogP contribution in [0.3, 0.4) is 0 Å². The summed E-state index contributed by atoms with van der Waals surface area (Å²) in [5.41, 5.74) is 3.79. The summed E-state index contributed by atoms with van der Waals surface area (Å²) >= 11 is 0. The van der Waals surface area contributed by atoms with Crippen molar-refractivity contribution in [3.63, 3.8) is 0 Å². The molecule has 2 fully saturated rings. The van der Waals surface area contributed by atoms with Crippen LogP contribution in [-0.2, 0) is 9.53 Å². The molecule has 5 nitrogen and oxygen atoms in total. The molecule has 2 aromatic carbocycles. The number of carbonyl (C=O) groups is 1. The van der Waals surface area contributed by atoms with Crippen LogP contribution < -0.4 is 4.74 Å². The smallest absolute Gasteiger partial charge is 0.177 e. The number of benzene rings is 2. The van der Waals surface area contributed by atoms with Crippen molar-refractivity contribution in [2.45, 2.75) is 44.4 Å². The first-order valence-corrected chi connectivity index (χ1v) is 11.1. The van der Waals surface area contributed by atoms with E-state index in [4.69, 9.17) is 9.47 Å². The molecule has 5 rings (SSSR count). The van der Waals surface area contributed by atoms with Gasteiger partial charge in [-0.25, -0.2) is 0 Å². The lowest BCUT2D eigenvalue weighted by Crippen LogP contribution is -2.54. The highest BCUT2D eigenvalue weighted by atomic mass is 16.5. The number of hydrogen-bond acceptors (Lipinski definition) is 5. The van der Waals surface area contributed by atoms with E-state index in [9.17, 15) is 4.79 Å². The summed E-state index contributed by atoms with van der Waals surface area (Å²) in [7, 11) is 0. The first-order valence-electron chi connectivity index (χ1n) is 11.1. The van der Waals surface area contributed by atoms with Crippen molar-refractivity contribution in [3.05, 3.63) is 60.3 Å². The van der Waals surface area contributed by atoms with Gasteiger partial charge in [0.05, 0.1) is 5.52 Å². The normalized spacial score (nSPS) is 22.6. The zero-order chi connectivity index (χ0) is 21.3. The van der Waals surface area contributed by atoms with Gasteiger partial charge >= 0.3 is 0 Å². The number of hydrogen-bond donors (Lipinski definition) is 0. The number of carbonyl (C=O) groups excluding carboxylic acids is 1. The van der Waals surface area contributed by atoms with Crippen LogP contribution in [0, 0.1) is 6.92 Å². The molecule has 2 aliphatic heterocycles. The fourth-order valence-electron chi connectivity index (χ4n) is 4.74. The second-order valence-corrected chi connectivity index (χ2v) is 8.66. The van der Waals surface area contributed by atoms with Gasteiger partial charge in [-0.2, -0.15) is 0 Å². The van der Waals surface area contributed by atoms with Crippen LogP contribution in [0.4, 0.5) is 0 Å². The van der Waals surface area contributed by atoms with Crippen LogP contribution >= 0.6 is 0 Å². The van der Waals surface area contributed by atoms with Gasteiger partial charge < -0.3 is 9.47 Å². The summed E-state index contributed by atoms with van der Waals surface area (Å²) in [6, 6.07) is 16.9. The summed E-state index contributed by atoms with van der Waals surface area (Å²) in [5, 5.41) is 1.16. The molecule has 0 aliphatic carbocycles. The Kier molecular flexibility index (Phi) is 5.47. The zero-order valence-corrected chi connectivity index (χ0v) is 17.9. The third kappa shape index (κ3) is 4.08. The maximum atomic E-state index is 11.6. The summed E-state index contributed by atoms with van der Waals surface area (Å²) in [6.45, 7) is 4.39. The molecule has 5 heteroatoms. The number of fused-ring (bicyclic) bond motifs is 1. The maximum Gasteiger partial charge on any atom is 0.177 e. The summed E-state index contributed by atoms with van der Waals surface area (Å²) < 4.78 is 12.0. The quantitative estimate of drug-likeness (QED) is 0.562. The fraction of sp³-hybridized carbons (Fsp3) is 0.385. The molecular formula is C26H28N2O3. The molecule has 2 saturated heterocycles. The Morgan fingerprint density at radius 2 is 1.87 bits per heavy atom. The van der Waals surface area contributed by atoms with E-state index in [2.05, 4.69) is 53.2 Å². The number of piperidine rings is 1. The number of ether oxygens (including phenoxy) is 2. The Morgan fingerprint density at radius 3 is 2.58 bits per heavy atom. The number of rotatable bonds is 5. The van der Waals surface area contributed by atoms with Crippen LogP contribution in [0.2, 0.25) is 0 Å².